The summed E-state index contributed by atoms with van der Waals surface area (Å²) < 4.78 is 44.1. The van der Waals surface area contributed by atoms with E-state index in [-0.39, 0.29) is 23.6 Å². The second kappa shape index (κ2) is 9.00. The van der Waals surface area contributed by atoms with Crippen molar-refractivity contribution in [2.75, 3.05) is 11.9 Å². The number of ether oxygens (including phenoxy) is 1. The first-order valence-corrected chi connectivity index (χ1v) is 9.32. The second-order valence-electron chi connectivity index (χ2n) is 6.93. The van der Waals surface area contributed by atoms with Crippen molar-refractivity contribution in [3.05, 3.63) is 70.9 Å². The highest BCUT2D eigenvalue weighted by Crippen LogP contribution is 2.32. The molecule has 0 saturated carbocycles. The van der Waals surface area contributed by atoms with E-state index in [2.05, 4.69) is 16.0 Å². The molecule has 0 bridgehead atoms. The van der Waals surface area contributed by atoms with Gasteiger partial charge in [-0.15, -0.1) is 0 Å². The van der Waals surface area contributed by atoms with Gasteiger partial charge in [-0.1, -0.05) is 18.2 Å². The fraction of sp³-hybridized carbons (Fsp3) is 0.190. The number of amides is 4. The lowest BCUT2D eigenvalue weighted by Crippen LogP contribution is -2.45. The number of halogens is 3. The molecular formula is C21H19F3N4O4. The quantitative estimate of drug-likeness (QED) is 0.543. The largest absolute Gasteiger partial charge is 0.484 e. The minimum Gasteiger partial charge on any atom is -0.484 e. The van der Waals surface area contributed by atoms with Gasteiger partial charge < -0.3 is 26.4 Å². The molecule has 11 heteroatoms. The molecule has 2 aromatic rings. The van der Waals surface area contributed by atoms with Crippen LogP contribution >= 0.6 is 0 Å². The van der Waals surface area contributed by atoms with Crippen molar-refractivity contribution < 1.29 is 32.3 Å². The third-order valence-electron chi connectivity index (χ3n) is 4.56. The average Bonchev–Trinajstić information content (AvgIpc) is 2.71. The zero-order valence-corrected chi connectivity index (χ0v) is 16.7. The summed E-state index contributed by atoms with van der Waals surface area (Å²) in [7, 11) is 0. The molecule has 2 aromatic carbocycles. The van der Waals surface area contributed by atoms with Gasteiger partial charge in [0.1, 0.15) is 5.75 Å². The van der Waals surface area contributed by atoms with E-state index >= 15 is 0 Å². The van der Waals surface area contributed by atoms with Crippen LogP contribution in [0.5, 0.6) is 5.75 Å². The molecule has 1 aliphatic rings. The lowest BCUT2D eigenvalue weighted by molar-refractivity contribution is -0.137. The number of rotatable bonds is 6. The van der Waals surface area contributed by atoms with E-state index in [4.69, 9.17) is 10.5 Å². The number of anilines is 1. The SMILES string of the molecule is CC1=C(C(=O)Nc2cccc(C(F)(F)F)c2)[C@@H](c2ccc(OCC(N)=O)cc2)NC(=O)N1. The molecule has 4 amide bonds. The van der Waals surface area contributed by atoms with Crippen molar-refractivity contribution >= 4 is 23.5 Å². The number of hydrogen-bond donors (Lipinski definition) is 4. The zero-order chi connectivity index (χ0) is 23.5. The Balaban J connectivity index is 1.86. The maximum atomic E-state index is 13.0. The van der Waals surface area contributed by atoms with Crippen LogP contribution in [0, 0.1) is 0 Å². The Bertz CT molecular complexity index is 1080. The molecule has 0 radical (unpaired) electrons. The normalized spacial score (nSPS) is 16.1. The maximum absolute atomic E-state index is 13.0. The standard InChI is InChI=1S/C21H19F3N4O4/c1-11-17(19(30)27-14-4-2-3-13(9-14)21(22,23)24)18(28-20(31)26-11)12-5-7-15(8-6-12)32-10-16(25)29/h2-9,18H,10H2,1H3,(H2,25,29)(H,27,30)(H2,26,28,31)/t18-/m1/s1. The van der Waals surface area contributed by atoms with Gasteiger partial charge >= 0.3 is 12.2 Å². The molecule has 8 nitrogen and oxygen atoms in total. The highest BCUT2D eigenvalue weighted by molar-refractivity contribution is 6.06. The van der Waals surface area contributed by atoms with Gasteiger partial charge in [-0.2, -0.15) is 13.2 Å². The molecule has 1 atom stereocenters. The van der Waals surface area contributed by atoms with E-state index in [0.29, 0.717) is 11.3 Å². The van der Waals surface area contributed by atoms with Crippen molar-refractivity contribution in [3.63, 3.8) is 0 Å². The highest BCUT2D eigenvalue weighted by atomic mass is 19.4. The van der Waals surface area contributed by atoms with Gasteiger partial charge in [0.15, 0.2) is 6.61 Å². The van der Waals surface area contributed by atoms with Gasteiger partial charge in [0.25, 0.3) is 11.8 Å². The molecule has 32 heavy (non-hydrogen) atoms. The first kappa shape index (κ1) is 22.7. The molecule has 3 rings (SSSR count). The lowest BCUT2D eigenvalue weighted by atomic mass is 9.94. The summed E-state index contributed by atoms with van der Waals surface area (Å²) >= 11 is 0. The van der Waals surface area contributed by atoms with E-state index in [1.54, 1.807) is 12.1 Å². The topological polar surface area (TPSA) is 123 Å². The number of hydrogen-bond acceptors (Lipinski definition) is 4. The van der Waals surface area contributed by atoms with Gasteiger partial charge in [0, 0.05) is 11.4 Å². The molecule has 0 unspecified atom stereocenters. The number of urea groups is 1. The maximum Gasteiger partial charge on any atom is 0.416 e. The van der Waals surface area contributed by atoms with Gasteiger partial charge in [0.05, 0.1) is 17.2 Å². The number of carbonyl (C=O) groups excluding carboxylic acids is 3. The molecule has 168 valence electrons. The van der Waals surface area contributed by atoms with Crippen LogP contribution in [0.1, 0.15) is 24.1 Å². The van der Waals surface area contributed by atoms with Crippen LogP contribution in [-0.4, -0.2) is 24.5 Å². The molecule has 0 fully saturated rings. The fourth-order valence-electron chi connectivity index (χ4n) is 3.13. The third-order valence-corrected chi connectivity index (χ3v) is 4.56. The van der Waals surface area contributed by atoms with E-state index in [0.717, 1.165) is 12.1 Å². The number of carbonyl (C=O) groups is 3. The van der Waals surface area contributed by atoms with Gasteiger partial charge in [0.2, 0.25) is 0 Å². The van der Waals surface area contributed by atoms with Crippen molar-refractivity contribution in [2.45, 2.75) is 19.1 Å². The molecule has 1 heterocycles. The van der Waals surface area contributed by atoms with Crippen LogP contribution in [-0.2, 0) is 15.8 Å². The Morgan fingerprint density at radius 3 is 2.47 bits per heavy atom. The first-order valence-electron chi connectivity index (χ1n) is 9.32. The molecule has 0 spiro atoms. The van der Waals surface area contributed by atoms with Crippen LogP contribution in [0.2, 0.25) is 0 Å². The zero-order valence-electron chi connectivity index (χ0n) is 16.7. The Morgan fingerprint density at radius 2 is 1.84 bits per heavy atom. The monoisotopic (exact) mass is 448 g/mol. The van der Waals surface area contributed by atoms with Crippen molar-refractivity contribution in [1.82, 2.24) is 10.6 Å². The van der Waals surface area contributed by atoms with Crippen LogP contribution in [0.4, 0.5) is 23.7 Å². The summed E-state index contributed by atoms with van der Waals surface area (Å²) in [6.45, 7) is 1.20. The molecule has 0 aromatic heterocycles. The van der Waals surface area contributed by atoms with Gasteiger partial charge in [-0.25, -0.2) is 4.79 Å². The summed E-state index contributed by atoms with van der Waals surface area (Å²) in [4.78, 5) is 35.8. The van der Waals surface area contributed by atoms with Crippen LogP contribution < -0.4 is 26.4 Å². The molecular weight excluding hydrogens is 429 g/mol. The summed E-state index contributed by atoms with van der Waals surface area (Å²) in [5.41, 5.74) is 4.96. The molecule has 0 saturated heterocycles. The van der Waals surface area contributed by atoms with E-state index < -0.39 is 35.6 Å². The van der Waals surface area contributed by atoms with Crippen molar-refractivity contribution in [2.24, 2.45) is 5.73 Å². The predicted molar refractivity (Wildman–Crippen MR) is 108 cm³/mol. The van der Waals surface area contributed by atoms with Gasteiger partial charge in [-0.3, -0.25) is 9.59 Å². The van der Waals surface area contributed by atoms with E-state index in [9.17, 15) is 27.6 Å². The summed E-state index contributed by atoms with van der Waals surface area (Å²) in [6.07, 6.45) is -4.56. The minimum absolute atomic E-state index is 0.0454. The molecule has 5 N–H and O–H groups in total. The van der Waals surface area contributed by atoms with Crippen molar-refractivity contribution in [3.8, 4) is 5.75 Å². The number of nitrogens with two attached hydrogens (primary N) is 1. The van der Waals surface area contributed by atoms with E-state index in [1.807, 2.05) is 0 Å². The molecule has 1 aliphatic heterocycles. The highest BCUT2D eigenvalue weighted by Gasteiger charge is 2.33. The smallest absolute Gasteiger partial charge is 0.416 e. The Hall–Kier alpha value is -4.02. The Kier molecular flexibility index (Phi) is 6.37. The van der Waals surface area contributed by atoms with E-state index in [1.165, 1.54) is 31.2 Å². The van der Waals surface area contributed by atoms with Crippen LogP contribution in [0.25, 0.3) is 0 Å². The first-order chi connectivity index (χ1) is 15.0. The van der Waals surface area contributed by atoms with Crippen molar-refractivity contribution in [1.29, 1.82) is 0 Å². The predicted octanol–water partition coefficient (Wildman–Crippen LogP) is 2.84. The third kappa shape index (κ3) is 5.36. The summed E-state index contributed by atoms with van der Waals surface area (Å²) in [5, 5.41) is 7.56. The number of primary amides is 1. The van der Waals surface area contributed by atoms with Crippen LogP contribution in [0.15, 0.2) is 59.8 Å². The Labute approximate surface area is 180 Å². The summed E-state index contributed by atoms with van der Waals surface area (Å²) in [5.74, 6) is -0.983. The minimum atomic E-state index is -4.56. The van der Waals surface area contributed by atoms with Crippen LogP contribution in [0.3, 0.4) is 0 Å². The number of allylic oxidation sites excluding steroid dienone is 1. The van der Waals surface area contributed by atoms with Gasteiger partial charge in [-0.05, 0) is 42.8 Å². The number of benzene rings is 2. The summed E-state index contributed by atoms with van der Waals surface area (Å²) in [6, 6.07) is 9.04. The molecule has 0 aliphatic carbocycles. The lowest BCUT2D eigenvalue weighted by Gasteiger charge is -2.28. The average molecular weight is 448 g/mol. The number of nitrogens with one attached hydrogen (secondary N) is 3. The second-order valence-corrected chi connectivity index (χ2v) is 6.93. The fourth-order valence-corrected chi connectivity index (χ4v) is 3.13. The number of alkyl halides is 3. The Morgan fingerprint density at radius 1 is 1.16 bits per heavy atom.